The van der Waals surface area contributed by atoms with Gasteiger partial charge in [-0.3, -0.25) is 0 Å². The standard InChI is InChI=1S/C17H20N4/c1-2-8-21-14-18-12-17(21)13-19-15-6-5-7-16(11-15)20-9-3-4-10-20/h3-7,9-12,14,19H,2,8,13H2,1H3. The van der Waals surface area contributed by atoms with E-state index in [1.54, 1.807) is 0 Å². The number of nitrogens with zero attached hydrogens (tertiary/aromatic N) is 3. The molecule has 0 atom stereocenters. The van der Waals surface area contributed by atoms with Crippen LogP contribution in [-0.4, -0.2) is 14.1 Å². The molecule has 0 amide bonds. The maximum absolute atomic E-state index is 4.23. The van der Waals surface area contributed by atoms with Gasteiger partial charge in [-0.1, -0.05) is 13.0 Å². The van der Waals surface area contributed by atoms with E-state index in [9.17, 15) is 0 Å². The van der Waals surface area contributed by atoms with Crippen LogP contribution in [-0.2, 0) is 13.1 Å². The zero-order valence-corrected chi connectivity index (χ0v) is 12.2. The molecule has 3 aromatic rings. The molecule has 0 aliphatic heterocycles. The molecule has 0 bridgehead atoms. The summed E-state index contributed by atoms with van der Waals surface area (Å²) in [4.78, 5) is 4.23. The van der Waals surface area contributed by atoms with Crippen LogP contribution >= 0.6 is 0 Å². The Morgan fingerprint density at radius 1 is 1.14 bits per heavy atom. The Balaban J connectivity index is 1.71. The van der Waals surface area contributed by atoms with Gasteiger partial charge < -0.3 is 14.5 Å². The maximum atomic E-state index is 4.23. The number of benzene rings is 1. The lowest BCUT2D eigenvalue weighted by molar-refractivity contribution is 0.651. The molecule has 1 N–H and O–H groups in total. The monoisotopic (exact) mass is 280 g/mol. The van der Waals surface area contributed by atoms with Crippen molar-refractivity contribution < 1.29 is 0 Å². The highest BCUT2D eigenvalue weighted by atomic mass is 15.1. The van der Waals surface area contributed by atoms with Crippen molar-refractivity contribution in [3.63, 3.8) is 0 Å². The molecule has 0 aliphatic carbocycles. The minimum absolute atomic E-state index is 0.787. The number of aryl methyl sites for hydroxylation is 1. The Kier molecular flexibility index (Phi) is 4.05. The quantitative estimate of drug-likeness (QED) is 0.747. The Labute approximate surface area is 125 Å². The van der Waals surface area contributed by atoms with Crippen molar-refractivity contribution in [2.24, 2.45) is 0 Å². The van der Waals surface area contributed by atoms with Crippen LogP contribution in [0, 0.1) is 0 Å². The second kappa shape index (κ2) is 6.31. The molecule has 2 heterocycles. The molecule has 0 saturated carbocycles. The van der Waals surface area contributed by atoms with Crippen LogP contribution in [0.25, 0.3) is 5.69 Å². The highest BCUT2D eigenvalue weighted by molar-refractivity contribution is 5.51. The molecular formula is C17H20N4. The smallest absolute Gasteiger partial charge is 0.0948 e. The van der Waals surface area contributed by atoms with E-state index in [2.05, 4.69) is 63.0 Å². The summed E-state index contributed by atoms with van der Waals surface area (Å²) in [6, 6.07) is 12.5. The topological polar surface area (TPSA) is 34.8 Å². The van der Waals surface area contributed by atoms with E-state index in [1.165, 1.54) is 5.69 Å². The van der Waals surface area contributed by atoms with E-state index in [0.717, 1.165) is 30.9 Å². The van der Waals surface area contributed by atoms with Gasteiger partial charge in [0.25, 0.3) is 0 Å². The zero-order chi connectivity index (χ0) is 14.5. The van der Waals surface area contributed by atoms with Gasteiger partial charge in [0.15, 0.2) is 0 Å². The second-order valence-corrected chi connectivity index (χ2v) is 5.07. The number of imidazole rings is 1. The molecule has 0 saturated heterocycles. The Hall–Kier alpha value is -2.49. The second-order valence-electron chi connectivity index (χ2n) is 5.07. The largest absolute Gasteiger partial charge is 0.379 e. The molecule has 0 unspecified atom stereocenters. The van der Waals surface area contributed by atoms with E-state index >= 15 is 0 Å². The molecular weight excluding hydrogens is 260 g/mol. The summed E-state index contributed by atoms with van der Waals surface area (Å²) < 4.78 is 4.30. The summed E-state index contributed by atoms with van der Waals surface area (Å²) in [6.07, 6.45) is 9.05. The Morgan fingerprint density at radius 3 is 2.81 bits per heavy atom. The van der Waals surface area contributed by atoms with Gasteiger partial charge in [-0.15, -0.1) is 0 Å². The lowest BCUT2D eigenvalue weighted by Gasteiger charge is -2.11. The van der Waals surface area contributed by atoms with Gasteiger partial charge in [0.2, 0.25) is 0 Å². The Bertz CT molecular complexity index is 682. The van der Waals surface area contributed by atoms with Crippen LogP contribution in [0.1, 0.15) is 19.0 Å². The average Bonchev–Trinajstić information content (AvgIpc) is 3.18. The highest BCUT2D eigenvalue weighted by Gasteiger charge is 2.02. The van der Waals surface area contributed by atoms with Gasteiger partial charge in [-0.2, -0.15) is 0 Å². The van der Waals surface area contributed by atoms with Crippen molar-refractivity contribution in [2.75, 3.05) is 5.32 Å². The SMILES string of the molecule is CCCn1cncc1CNc1cccc(-n2cccc2)c1. The summed E-state index contributed by atoms with van der Waals surface area (Å²) in [5.41, 5.74) is 3.49. The van der Waals surface area contributed by atoms with Crippen LogP contribution in [0.4, 0.5) is 5.69 Å². The molecule has 21 heavy (non-hydrogen) atoms. The number of rotatable bonds is 6. The molecule has 0 radical (unpaired) electrons. The van der Waals surface area contributed by atoms with Gasteiger partial charge in [-0.05, 0) is 36.8 Å². The molecule has 0 aliphatic rings. The summed E-state index contributed by atoms with van der Waals surface area (Å²) in [7, 11) is 0. The lowest BCUT2D eigenvalue weighted by atomic mass is 10.2. The minimum Gasteiger partial charge on any atom is -0.379 e. The summed E-state index contributed by atoms with van der Waals surface area (Å²) in [6.45, 7) is 3.98. The average molecular weight is 280 g/mol. The molecule has 1 aromatic carbocycles. The fourth-order valence-corrected chi connectivity index (χ4v) is 2.41. The third-order valence-corrected chi connectivity index (χ3v) is 3.49. The number of aromatic nitrogens is 3. The van der Waals surface area contributed by atoms with E-state index < -0.39 is 0 Å². The third-order valence-electron chi connectivity index (χ3n) is 3.49. The van der Waals surface area contributed by atoms with Crippen molar-refractivity contribution in [2.45, 2.75) is 26.4 Å². The molecule has 4 heteroatoms. The number of hydrogen-bond acceptors (Lipinski definition) is 2. The first-order chi connectivity index (χ1) is 10.4. The summed E-state index contributed by atoms with van der Waals surface area (Å²) in [5.74, 6) is 0. The molecule has 2 aromatic heterocycles. The predicted octanol–water partition coefficient (Wildman–Crippen LogP) is 3.70. The van der Waals surface area contributed by atoms with Gasteiger partial charge in [-0.25, -0.2) is 4.98 Å². The molecule has 4 nitrogen and oxygen atoms in total. The van der Waals surface area contributed by atoms with Crippen molar-refractivity contribution >= 4 is 5.69 Å². The van der Waals surface area contributed by atoms with Crippen molar-refractivity contribution in [1.82, 2.24) is 14.1 Å². The number of anilines is 1. The normalized spacial score (nSPS) is 10.7. The first-order valence-corrected chi connectivity index (χ1v) is 7.33. The third kappa shape index (κ3) is 3.16. The summed E-state index contributed by atoms with van der Waals surface area (Å²) in [5, 5.41) is 3.47. The minimum atomic E-state index is 0.787. The zero-order valence-electron chi connectivity index (χ0n) is 12.2. The number of hydrogen-bond donors (Lipinski definition) is 1. The molecule has 0 spiro atoms. The molecule has 108 valence electrons. The molecule has 0 fully saturated rings. The van der Waals surface area contributed by atoms with Crippen LogP contribution in [0.2, 0.25) is 0 Å². The van der Waals surface area contributed by atoms with Gasteiger partial charge >= 0.3 is 0 Å². The molecule has 3 rings (SSSR count). The fraction of sp³-hybridized carbons (Fsp3) is 0.235. The van der Waals surface area contributed by atoms with E-state index in [0.29, 0.717) is 0 Å². The van der Waals surface area contributed by atoms with E-state index in [-0.39, 0.29) is 0 Å². The predicted molar refractivity (Wildman–Crippen MR) is 85.6 cm³/mol. The summed E-state index contributed by atoms with van der Waals surface area (Å²) >= 11 is 0. The maximum Gasteiger partial charge on any atom is 0.0948 e. The van der Waals surface area contributed by atoms with Crippen molar-refractivity contribution in [3.05, 3.63) is 67.0 Å². The van der Waals surface area contributed by atoms with Crippen LogP contribution in [0.15, 0.2) is 61.3 Å². The first-order valence-electron chi connectivity index (χ1n) is 7.33. The van der Waals surface area contributed by atoms with Crippen molar-refractivity contribution in [1.29, 1.82) is 0 Å². The van der Waals surface area contributed by atoms with Gasteiger partial charge in [0.05, 0.1) is 18.6 Å². The Morgan fingerprint density at radius 2 is 2.00 bits per heavy atom. The number of nitrogens with one attached hydrogen (secondary N) is 1. The van der Waals surface area contributed by atoms with Gasteiger partial charge in [0.1, 0.15) is 0 Å². The fourth-order valence-electron chi connectivity index (χ4n) is 2.41. The first kappa shape index (κ1) is 13.5. The van der Waals surface area contributed by atoms with Crippen molar-refractivity contribution in [3.8, 4) is 5.69 Å². The van der Waals surface area contributed by atoms with Crippen LogP contribution in [0.5, 0.6) is 0 Å². The van der Waals surface area contributed by atoms with Crippen LogP contribution in [0.3, 0.4) is 0 Å². The van der Waals surface area contributed by atoms with Crippen LogP contribution < -0.4 is 5.32 Å². The highest BCUT2D eigenvalue weighted by Crippen LogP contribution is 2.16. The lowest BCUT2D eigenvalue weighted by Crippen LogP contribution is -2.07. The van der Waals surface area contributed by atoms with E-state index in [1.807, 2.05) is 24.7 Å². The van der Waals surface area contributed by atoms with E-state index in [4.69, 9.17) is 0 Å². The van der Waals surface area contributed by atoms with Gasteiger partial charge in [0, 0.05) is 36.5 Å².